The van der Waals surface area contributed by atoms with Crippen LogP contribution in [0.1, 0.15) is 31.4 Å². The van der Waals surface area contributed by atoms with E-state index in [1.54, 1.807) is 12.1 Å². The zero-order chi connectivity index (χ0) is 19.3. The van der Waals surface area contributed by atoms with Crippen LogP contribution in [0.3, 0.4) is 0 Å². The summed E-state index contributed by atoms with van der Waals surface area (Å²) in [7, 11) is 0. The monoisotopic (exact) mass is 374 g/mol. The van der Waals surface area contributed by atoms with Crippen molar-refractivity contribution in [1.82, 2.24) is 4.98 Å². The summed E-state index contributed by atoms with van der Waals surface area (Å²) >= 11 is 0. The van der Waals surface area contributed by atoms with Crippen LogP contribution in [-0.4, -0.2) is 11.0 Å². The molecular formula is C23H21FN3O. The van der Waals surface area contributed by atoms with Crippen molar-refractivity contribution in [3.05, 3.63) is 84.3 Å². The fourth-order valence-corrected chi connectivity index (χ4v) is 3.42. The molecule has 28 heavy (non-hydrogen) atoms. The molecule has 0 aliphatic heterocycles. The molecule has 0 saturated heterocycles. The lowest BCUT2D eigenvalue weighted by Gasteiger charge is -2.10. The fraction of sp³-hybridized carbons (Fsp3) is 0.174. The number of hydrogen-bond donors (Lipinski definition) is 2. The first-order valence-electron chi connectivity index (χ1n) is 9.43. The Kier molecular flexibility index (Phi) is 5.33. The van der Waals surface area contributed by atoms with Gasteiger partial charge in [-0.3, -0.25) is 4.98 Å². The summed E-state index contributed by atoms with van der Waals surface area (Å²) in [5, 5.41) is 5.21. The Morgan fingerprint density at radius 1 is 0.857 bits per heavy atom. The van der Waals surface area contributed by atoms with Gasteiger partial charge in [-0.15, -0.1) is 0 Å². The second-order valence-electron chi connectivity index (χ2n) is 6.88. The smallest absolute Gasteiger partial charge is 0.308 e. The Bertz CT molecular complexity index is 948. The van der Waals surface area contributed by atoms with Gasteiger partial charge in [-0.1, -0.05) is 43.2 Å². The molecule has 1 saturated carbocycles. The van der Waals surface area contributed by atoms with Crippen LogP contribution in [0.5, 0.6) is 0 Å². The highest BCUT2D eigenvalue weighted by atomic mass is 19.1. The van der Waals surface area contributed by atoms with Gasteiger partial charge in [0, 0.05) is 29.1 Å². The predicted molar refractivity (Wildman–Crippen MR) is 110 cm³/mol. The van der Waals surface area contributed by atoms with E-state index in [4.69, 9.17) is 0 Å². The maximum atomic E-state index is 13.6. The molecule has 1 aliphatic rings. The minimum Gasteiger partial charge on any atom is -0.308 e. The van der Waals surface area contributed by atoms with E-state index in [0.717, 1.165) is 29.7 Å². The van der Waals surface area contributed by atoms with Gasteiger partial charge in [0.15, 0.2) is 0 Å². The number of rotatable bonds is 4. The summed E-state index contributed by atoms with van der Waals surface area (Å²) in [5.41, 5.74) is 3.93. The molecule has 1 heterocycles. The largest absolute Gasteiger partial charge is 0.323 e. The Labute approximate surface area is 163 Å². The molecule has 141 valence electrons. The molecule has 0 spiro atoms. The topological polar surface area (TPSA) is 54.0 Å². The molecule has 0 atom stereocenters. The van der Waals surface area contributed by atoms with Gasteiger partial charge in [0.2, 0.25) is 0 Å². The lowest BCUT2D eigenvalue weighted by Crippen LogP contribution is -2.20. The second kappa shape index (κ2) is 8.21. The third-order valence-electron chi connectivity index (χ3n) is 4.93. The number of halogens is 1. The van der Waals surface area contributed by atoms with Gasteiger partial charge in [-0.05, 0) is 48.7 Å². The van der Waals surface area contributed by atoms with Crippen LogP contribution in [0.2, 0.25) is 0 Å². The lowest BCUT2D eigenvalue weighted by atomic mass is 10.0. The molecule has 0 bridgehead atoms. The molecule has 3 aromatic rings. The van der Waals surface area contributed by atoms with E-state index in [1.807, 2.05) is 30.5 Å². The van der Waals surface area contributed by atoms with Gasteiger partial charge in [-0.2, -0.15) is 0 Å². The molecule has 1 fully saturated rings. The van der Waals surface area contributed by atoms with Crippen molar-refractivity contribution in [2.75, 3.05) is 10.6 Å². The van der Waals surface area contributed by atoms with E-state index in [9.17, 15) is 9.18 Å². The van der Waals surface area contributed by atoms with Crippen LogP contribution in [0, 0.1) is 11.7 Å². The summed E-state index contributed by atoms with van der Waals surface area (Å²) in [6.07, 6.45) is 6.73. The third-order valence-corrected chi connectivity index (χ3v) is 4.93. The molecule has 5 heteroatoms. The number of carbonyl (C=O) groups is 1. The van der Waals surface area contributed by atoms with Crippen molar-refractivity contribution in [2.45, 2.75) is 25.7 Å². The number of hydrogen-bond acceptors (Lipinski definition) is 2. The Balaban J connectivity index is 1.39. The van der Waals surface area contributed by atoms with Gasteiger partial charge < -0.3 is 10.6 Å². The minimum absolute atomic E-state index is 0.142. The molecular weight excluding hydrogens is 353 g/mol. The molecule has 2 aromatic carbocycles. The molecule has 1 aromatic heterocycles. The van der Waals surface area contributed by atoms with Crippen molar-refractivity contribution in [2.24, 2.45) is 0 Å². The number of carbonyl (C=O) groups excluding carboxylic acids is 1. The van der Waals surface area contributed by atoms with Gasteiger partial charge in [0.25, 0.3) is 0 Å². The first kappa shape index (κ1) is 18.2. The van der Waals surface area contributed by atoms with Gasteiger partial charge >= 0.3 is 6.03 Å². The summed E-state index contributed by atoms with van der Waals surface area (Å²) in [6.45, 7) is 0. The first-order chi connectivity index (χ1) is 13.7. The number of pyridine rings is 1. The van der Waals surface area contributed by atoms with Gasteiger partial charge in [0.1, 0.15) is 5.82 Å². The third kappa shape index (κ3) is 4.19. The van der Waals surface area contributed by atoms with E-state index in [1.165, 1.54) is 30.9 Å². The summed E-state index contributed by atoms with van der Waals surface area (Å²) in [4.78, 5) is 16.7. The number of nitrogens with one attached hydrogen (secondary N) is 2. The maximum Gasteiger partial charge on any atom is 0.323 e. The van der Waals surface area contributed by atoms with Gasteiger partial charge in [-0.25, -0.2) is 9.18 Å². The average molecular weight is 374 g/mol. The van der Waals surface area contributed by atoms with Crippen molar-refractivity contribution in [3.8, 4) is 11.1 Å². The molecule has 4 rings (SSSR count). The van der Waals surface area contributed by atoms with E-state index < -0.39 is 11.8 Å². The number of aromatic nitrogens is 1. The zero-order valence-electron chi connectivity index (χ0n) is 15.4. The van der Waals surface area contributed by atoms with E-state index >= 15 is 0 Å². The SMILES string of the molecule is O=C(Nc1ccc(-c2ccc([C]3CCCC3)nc2)cc1)Nc1ccccc1F. The Hall–Kier alpha value is -3.21. The van der Waals surface area contributed by atoms with Crippen molar-refractivity contribution < 1.29 is 9.18 Å². The van der Waals surface area contributed by atoms with Crippen LogP contribution < -0.4 is 10.6 Å². The van der Waals surface area contributed by atoms with Crippen LogP contribution in [0.15, 0.2) is 66.9 Å². The normalized spacial score (nSPS) is 14.0. The highest BCUT2D eigenvalue weighted by molar-refractivity contribution is 5.99. The number of para-hydroxylation sites is 1. The predicted octanol–water partition coefficient (Wildman–Crippen LogP) is 6.03. The van der Waals surface area contributed by atoms with Crippen molar-refractivity contribution in [1.29, 1.82) is 0 Å². The molecule has 2 amide bonds. The molecule has 0 unspecified atom stereocenters. The van der Waals surface area contributed by atoms with Crippen LogP contribution in [-0.2, 0) is 0 Å². The average Bonchev–Trinajstić information content (AvgIpc) is 3.25. The van der Waals surface area contributed by atoms with Crippen molar-refractivity contribution in [3.63, 3.8) is 0 Å². The number of urea groups is 1. The molecule has 4 nitrogen and oxygen atoms in total. The van der Waals surface area contributed by atoms with Crippen LogP contribution in [0.4, 0.5) is 20.6 Å². The van der Waals surface area contributed by atoms with E-state index in [2.05, 4.69) is 27.8 Å². The van der Waals surface area contributed by atoms with E-state index in [-0.39, 0.29) is 5.69 Å². The molecule has 1 aliphatic carbocycles. The lowest BCUT2D eigenvalue weighted by molar-refractivity contribution is 0.262. The standard InChI is InChI=1S/C23H21FN3O/c24-20-7-3-4-8-22(20)27-23(28)26-19-12-9-16(10-13-19)18-11-14-21(25-15-18)17-5-1-2-6-17/h3-4,7-15H,1-2,5-6H2,(H2,26,27,28). The summed E-state index contributed by atoms with van der Waals surface area (Å²) < 4.78 is 13.6. The minimum atomic E-state index is -0.488. The highest BCUT2D eigenvalue weighted by Crippen LogP contribution is 2.32. The van der Waals surface area contributed by atoms with Gasteiger partial charge in [0.05, 0.1) is 5.69 Å². The van der Waals surface area contributed by atoms with Crippen LogP contribution in [0.25, 0.3) is 11.1 Å². The number of amides is 2. The second-order valence-corrected chi connectivity index (χ2v) is 6.88. The zero-order valence-corrected chi connectivity index (χ0v) is 15.4. The first-order valence-corrected chi connectivity index (χ1v) is 9.43. The fourth-order valence-electron chi connectivity index (χ4n) is 3.42. The number of benzene rings is 2. The van der Waals surface area contributed by atoms with Crippen molar-refractivity contribution >= 4 is 17.4 Å². The molecule has 1 radical (unpaired) electrons. The highest BCUT2D eigenvalue weighted by Gasteiger charge is 2.18. The summed E-state index contributed by atoms with van der Waals surface area (Å²) in [6, 6.07) is 17.2. The Morgan fingerprint density at radius 3 is 2.25 bits per heavy atom. The summed E-state index contributed by atoms with van der Waals surface area (Å²) in [5.74, 6) is 0.978. The van der Waals surface area contributed by atoms with E-state index in [0.29, 0.717) is 5.69 Å². The maximum absolute atomic E-state index is 13.6. The molecule has 2 N–H and O–H groups in total. The number of anilines is 2. The Morgan fingerprint density at radius 2 is 1.57 bits per heavy atom. The van der Waals surface area contributed by atoms with Crippen LogP contribution >= 0.6 is 0 Å². The quantitative estimate of drug-likeness (QED) is 0.586. The number of nitrogens with zero attached hydrogens (tertiary/aromatic N) is 1.